The van der Waals surface area contributed by atoms with E-state index in [9.17, 15) is 19.6 Å². The van der Waals surface area contributed by atoms with Gasteiger partial charge in [-0.15, -0.1) is 11.3 Å². The number of hydrogen-bond acceptors (Lipinski definition) is 7. The summed E-state index contributed by atoms with van der Waals surface area (Å²) in [7, 11) is 0. The van der Waals surface area contributed by atoms with Gasteiger partial charge in [0.1, 0.15) is 22.6 Å². The average Bonchev–Trinajstić information content (AvgIpc) is 3.31. The molecule has 4 N–H and O–H groups in total. The van der Waals surface area contributed by atoms with Gasteiger partial charge in [0.05, 0.1) is 5.56 Å². The van der Waals surface area contributed by atoms with E-state index in [1.165, 1.54) is 20.8 Å². The number of nitrogens with zero attached hydrogens (tertiary/aromatic N) is 3. The number of unbranched alkanes of at least 4 members (excludes halogenated alkanes) is 1. The molecule has 33 heavy (non-hydrogen) atoms. The maximum absolute atomic E-state index is 12.7. The minimum Gasteiger partial charge on any atom is -0.383 e. The number of nitrogens with two attached hydrogens (primary N) is 1. The monoisotopic (exact) mass is 472 g/mol. The van der Waals surface area contributed by atoms with Crippen LogP contribution in [0.15, 0.2) is 9.59 Å². The molecule has 0 saturated carbocycles. The van der Waals surface area contributed by atoms with Crippen LogP contribution in [0.3, 0.4) is 0 Å². The molecular weight excluding hydrogens is 440 g/mol. The Morgan fingerprint density at radius 1 is 1.36 bits per heavy atom. The second-order valence-electron chi connectivity index (χ2n) is 8.81. The third kappa shape index (κ3) is 5.47. The Morgan fingerprint density at radius 2 is 2.12 bits per heavy atom. The van der Waals surface area contributed by atoms with Crippen molar-refractivity contribution in [1.29, 1.82) is 5.26 Å². The molecule has 2 aromatic rings. The molecule has 0 fully saturated rings. The molecule has 2 aromatic heterocycles. The number of nitrogens with one attached hydrogen (secondary N) is 2. The number of fused-ring (bicyclic) bond motifs is 1. The minimum absolute atomic E-state index is 0.118. The lowest BCUT2D eigenvalue weighted by Gasteiger charge is -2.27. The SMILES string of the molecule is CCCCn1c(N)c(N(CCC(=O)Nc2sc3c(c2C#N)CCC3)CC(C)C)c(=O)[nH]c1=O. The number of rotatable bonds is 10. The number of carbonyl (C=O) groups excluding carboxylic acids is 1. The molecule has 178 valence electrons. The molecule has 10 heteroatoms. The van der Waals surface area contributed by atoms with Crippen LogP contribution in [0.1, 0.15) is 62.5 Å². The maximum Gasteiger partial charge on any atom is 0.330 e. The number of aromatic nitrogens is 2. The first-order valence-corrected chi connectivity index (χ1v) is 12.3. The zero-order chi connectivity index (χ0) is 24.1. The molecule has 0 saturated heterocycles. The zero-order valence-electron chi connectivity index (χ0n) is 19.5. The standard InChI is InChI=1S/C23H32N6O3S/c1-4-5-10-29-20(25)19(21(31)27-23(29)32)28(13-14(2)3)11-9-18(30)26-22-16(12-24)15-7-6-8-17(15)33-22/h14H,4-11,13,25H2,1-3H3,(H,26,30)(H,27,31,32). The lowest BCUT2D eigenvalue weighted by molar-refractivity contribution is -0.116. The van der Waals surface area contributed by atoms with E-state index in [4.69, 9.17) is 5.73 Å². The maximum atomic E-state index is 12.7. The lowest BCUT2D eigenvalue weighted by atomic mass is 10.1. The van der Waals surface area contributed by atoms with Crippen LogP contribution >= 0.6 is 11.3 Å². The van der Waals surface area contributed by atoms with Crippen LogP contribution in [-0.4, -0.2) is 28.5 Å². The van der Waals surface area contributed by atoms with Crippen LogP contribution in [0, 0.1) is 17.2 Å². The van der Waals surface area contributed by atoms with Crippen LogP contribution in [0.2, 0.25) is 0 Å². The first kappa shape index (κ1) is 24.6. The topological polar surface area (TPSA) is 137 Å². The fourth-order valence-electron chi connectivity index (χ4n) is 4.19. The Bertz CT molecular complexity index is 1170. The van der Waals surface area contributed by atoms with Crippen molar-refractivity contribution in [1.82, 2.24) is 9.55 Å². The van der Waals surface area contributed by atoms with Crippen molar-refractivity contribution >= 4 is 33.8 Å². The van der Waals surface area contributed by atoms with Gasteiger partial charge in [0.15, 0.2) is 0 Å². The number of carbonyl (C=O) groups is 1. The van der Waals surface area contributed by atoms with Crippen molar-refractivity contribution in [2.45, 2.75) is 65.8 Å². The van der Waals surface area contributed by atoms with Crippen molar-refractivity contribution in [3.8, 4) is 6.07 Å². The Hall–Kier alpha value is -3.06. The van der Waals surface area contributed by atoms with Gasteiger partial charge in [-0.3, -0.25) is 19.1 Å². The van der Waals surface area contributed by atoms with Crippen LogP contribution < -0.4 is 27.2 Å². The fraction of sp³-hybridized carbons (Fsp3) is 0.565. The highest BCUT2D eigenvalue weighted by Gasteiger charge is 2.24. The summed E-state index contributed by atoms with van der Waals surface area (Å²) in [5.41, 5.74) is 7.07. The minimum atomic E-state index is -0.548. The van der Waals surface area contributed by atoms with Crippen molar-refractivity contribution < 1.29 is 4.79 Å². The molecule has 0 spiro atoms. The second kappa shape index (κ2) is 10.7. The number of thiophene rings is 1. The number of H-pyrrole nitrogens is 1. The van der Waals surface area contributed by atoms with Crippen molar-refractivity contribution in [3.63, 3.8) is 0 Å². The molecule has 0 radical (unpaired) electrons. The van der Waals surface area contributed by atoms with E-state index in [1.54, 1.807) is 4.90 Å². The Balaban J connectivity index is 1.80. The van der Waals surface area contributed by atoms with E-state index < -0.39 is 11.2 Å². The third-order valence-corrected chi connectivity index (χ3v) is 6.95. The number of hydrogen-bond donors (Lipinski definition) is 3. The van der Waals surface area contributed by atoms with Crippen LogP contribution in [0.5, 0.6) is 0 Å². The number of amides is 1. The Kier molecular flexibility index (Phi) is 7.97. The molecule has 1 aliphatic rings. The molecule has 0 bridgehead atoms. The smallest absolute Gasteiger partial charge is 0.330 e. The van der Waals surface area contributed by atoms with Crippen LogP contribution in [-0.2, 0) is 24.2 Å². The zero-order valence-corrected chi connectivity index (χ0v) is 20.3. The van der Waals surface area contributed by atoms with Gasteiger partial charge < -0.3 is 16.0 Å². The molecule has 2 heterocycles. The van der Waals surface area contributed by atoms with Crippen LogP contribution in [0.25, 0.3) is 0 Å². The fourth-order valence-corrected chi connectivity index (χ4v) is 5.45. The van der Waals surface area contributed by atoms with Gasteiger partial charge in [0, 0.05) is 30.9 Å². The highest BCUT2D eigenvalue weighted by Crippen LogP contribution is 2.38. The third-order valence-electron chi connectivity index (χ3n) is 5.75. The van der Waals surface area contributed by atoms with E-state index in [0.717, 1.165) is 37.7 Å². The first-order chi connectivity index (χ1) is 15.8. The second-order valence-corrected chi connectivity index (χ2v) is 9.91. The average molecular weight is 473 g/mol. The summed E-state index contributed by atoms with van der Waals surface area (Å²) in [5, 5.41) is 13.0. The van der Waals surface area contributed by atoms with E-state index in [-0.39, 0.29) is 36.3 Å². The first-order valence-electron chi connectivity index (χ1n) is 11.5. The summed E-state index contributed by atoms with van der Waals surface area (Å²) in [6, 6.07) is 2.23. The number of anilines is 3. The molecule has 1 amide bonds. The van der Waals surface area contributed by atoms with Gasteiger partial charge in [0.25, 0.3) is 5.56 Å². The van der Waals surface area contributed by atoms with Gasteiger partial charge >= 0.3 is 5.69 Å². The van der Waals surface area contributed by atoms with Crippen molar-refractivity contribution in [3.05, 3.63) is 36.8 Å². The number of nitriles is 1. The molecule has 9 nitrogen and oxygen atoms in total. The molecule has 0 unspecified atom stereocenters. The Morgan fingerprint density at radius 3 is 2.79 bits per heavy atom. The molecule has 0 aromatic carbocycles. The highest BCUT2D eigenvalue weighted by molar-refractivity contribution is 7.16. The number of aryl methyl sites for hydroxylation is 1. The molecule has 1 aliphatic carbocycles. The normalized spacial score (nSPS) is 12.6. The van der Waals surface area contributed by atoms with E-state index >= 15 is 0 Å². The van der Waals surface area contributed by atoms with E-state index in [0.29, 0.717) is 23.7 Å². The summed E-state index contributed by atoms with van der Waals surface area (Å²) >= 11 is 1.48. The quantitative estimate of drug-likeness (QED) is 0.486. The summed E-state index contributed by atoms with van der Waals surface area (Å²) in [6.07, 6.45) is 4.63. The molecule has 3 rings (SSSR count). The predicted molar refractivity (Wildman–Crippen MR) is 132 cm³/mol. The van der Waals surface area contributed by atoms with E-state index in [1.807, 2.05) is 20.8 Å². The Labute approximate surface area is 197 Å². The predicted octanol–water partition coefficient (Wildman–Crippen LogP) is 2.83. The molecular formula is C23H32N6O3S. The summed E-state index contributed by atoms with van der Waals surface area (Å²) < 4.78 is 1.39. The lowest BCUT2D eigenvalue weighted by Crippen LogP contribution is -2.40. The number of aromatic amines is 1. The number of nitrogen functional groups attached to an aromatic ring is 1. The summed E-state index contributed by atoms with van der Waals surface area (Å²) in [4.78, 5) is 43.0. The van der Waals surface area contributed by atoms with Gasteiger partial charge in [-0.2, -0.15) is 5.26 Å². The van der Waals surface area contributed by atoms with Gasteiger partial charge in [-0.05, 0) is 37.2 Å². The molecule has 0 aliphatic heterocycles. The van der Waals surface area contributed by atoms with Crippen molar-refractivity contribution in [2.24, 2.45) is 5.92 Å². The molecule has 0 atom stereocenters. The van der Waals surface area contributed by atoms with Gasteiger partial charge in [-0.1, -0.05) is 27.2 Å². The van der Waals surface area contributed by atoms with Gasteiger partial charge in [0.2, 0.25) is 5.91 Å². The van der Waals surface area contributed by atoms with E-state index in [2.05, 4.69) is 16.4 Å². The summed E-state index contributed by atoms with van der Waals surface area (Å²) in [5.74, 6) is 0.0996. The summed E-state index contributed by atoms with van der Waals surface area (Å²) in [6.45, 7) is 7.21. The van der Waals surface area contributed by atoms with Crippen LogP contribution in [0.4, 0.5) is 16.5 Å². The highest BCUT2D eigenvalue weighted by atomic mass is 32.1. The largest absolute Gasteiger partial charge is 0.383 e. The van der Waals surface area contributed by atoms with Crippen molar-refractivity contribution in [2.75, 3.05) is 29.0 Å². The van der Waals surface area contributed by atoms with Gasteiger partial charge in [-0.25, -0.2) is 4.79 Å².